The fourth-order valence-corrected chi connectivity index (χ4v) is 5.67. The number of sulfone groups is 1. The Bertz CT molecular complexity index is 671. The highest BCUT2D eigenvalue weighted by Crippen LogP contribution is 2.43. The first-order valence-electron chi connectivity index (χ1n) is 6.98. The monoisotopic (exact) mass is 381 g/mol. The number of nitrogens with one attached hydrogen (secondary N) is 1. The molecule has 0 saturated heterocycles. The van der Waals surface area contributed by atoms with Gasteiger partial charge in [0.15, 0.2) is 9.84 Å². The lowest BCUT2D eigenvalue weighted by atomic mass is 10.2. The van der Waals surface area contributed by atoms with Crippen LogP contribution in [0.1, 0.15) is 39.5 Å². The molecule has 1 heterocycles. The topological polar surface area (TPSA) is 92.7 Å². The van der Waals surface area contributed by atoms with E-state index in [9.17, 15) is 18.3 Å². The van der Waals surface area contributed by atoms with Crippen molar-refractivity contribution >= 4 is 44.7 Å². The zero-order valence-corrected chi connectivity index (χ0v) is 16.5. The molecule has 9 heteroatoms. The highest BCUT2D eigenvalue weighted by atomic mass is 32.2. The summed E-state index contributed by atoms with van der Waals surface area (Å²) in [5, 5.41) is 11.4. The number of thiophene rings is 1. The molecule has 1 aromatic heterocycles. The van der Waals surface area contributed by atoms with Gasteiger partial charge in [-0.15, -0.1) is 23.1 Å². The third-order valence-electron chi connectivity index (χ3n) is 2.77. The van der Waals surface area contributed by atoms with E-state index in [0.717, 1.165) is 11.3 Å². The van der Waals surface area contributed by atoms with Gasteiger partial charge in [0, 0.05) is 0 Å². The van der Waals surface area contributed by atoms with E-state index in [1.165, 1.54) is 11.8 Å². The number of amides is 1. The van der Waals surface area contributed by atoms with E-state index in [1.54, 1.807) is 40.9 Å². The number of carbonyl (C=O) groups excluding carboxylic acids is 1. The zero-order valence-electron chi connectivity index (χ0n) is 14.1. The molecule has 0 saturated carbocycles. The highest BCUT2D eigenvalue weighted by Gasteiger charge is 2.32. The second-order valence-electron chi connectivity index (χ2n) is 6.10. The summed E-state index contributed by atoms with van der Waals surface area (Å²) in [4.78, 5) is 12.5. The van der Waals surface area contributed by atoms with Crippen LogP contribution in [0.25, 0.3) is 0 Å². The molecular formula is C14H23NO5S3. The summed E-state index contributed by atoms with van der Waals surface area (Å²) in [6, 6.07) is 0. The number of carbonyl (C=O) groups is 1. The van der Waals surface area contributed by atoms with Crippen LogP contribution in [-0.2, 0) is 21.2 Å². The van der Waals surface area contributed by atoms with Crippen molar-refractivity contribution in [3.8, 4) is 0 Å². The predicted octanol–water partition coefficient (Wildman–Crippen LogP) is 3.49. The number of ether oxygens (including phenoxy) is 1. The molecule has 0 bridgehead atoms. The van der Waals surface area contributed by atoms with Crippen LogP contribution in [0.4, 0.5) is 10.5 Å². The van der Waals surface area contributed by atoms with E-state index in [4.69, 9.17) is 4.74 Å². The number of hydrogen-bond donors (Lipinski definition) is 2. The summed E-state index contributed by atoms with van der Waals surface area (Å²) in [5.74, 6) is 0. The molecule has 0 unspecified atom stereocenters. The molecule has 23 heavy (non-hydrogen) atoms. The molecule has 1 aromatic rings. The lowest BCUT2D eigenvalue weighted by Gasteiger charge is -2.20. The minimum Gasteiger partial charge on any atom is -0.444 e. The minimum atomic E-state index is -3.62. The van der Waals surface area contributed by atoms with Crippen LogP contribution in [0.2, 0.25) is 0 Å². The molecular weight excluding hydrogens is 358 g/mol. The molecule has 0 aliphatic heterocycles. The van der Waals surface area contributed by atoms with Crippen LogP contribution >= 0.6 is 23.1 Å². The first kappa shape index (κ1) is 20.3. The van der Waals surface area contributed by atoms with E-state index in [1.807, 2.05) is 0 Å². The van der Waals surface area contributed by atoms with Crippen LogP contribution in [0, 0.1) is 0 Å². The van der Waals surface area contributed by atoms with Gasteiger partial charge in [-0.05, 0) is 40.9 Å². The molecule has 0 spiro atoms. The predicted molar refractivity (Wildman–Crippen MR) is 94.2 cm³/mol. The van der Waals surface area contributed by atoms with E-state index >= 15 is 0 Å². The molecule has 0 aliphatic rings. The zero-order chi connectivity index (χ0) is 18.0. The van der Waals surface area contributed by atoms with E-state index < -0.39 is 26.8 Å². The van der Waals surface area contributed by atoms with Crippen molar-refractivity contribution in [3.05, 3.63) is 4.88 Å². The minimum absolute atomic E-state index is 0.0555. The van der Waals surface area contributed by atoms with Crippen molar-refractivity contribution in [1.29, 1.82) is 0 Å². The Kier molecular flexibility index (Phi) is 6.54. The van der Waals surface area contributed by atoms with Gasteiger partial charge in [0.25, 0.3) is 0 Å². The SMILES string of the molecule is CSc1sc(CO)c(NC(=O)OC(C)(C)C)c1S(=O)(=O)C(C)C. The average molecular weight is 382 g/mol. The molecule has 0 atom stereocenters. The van der Waals surface area contributed by atoms with Crippen molar-refractivity contribution in [1.82, 2.24) is 0 Å². The number of rotatable bonds is 5. The summed E-state index contributed by atoms with van der Waals surface area (Å²) in [6.45, 7) is 7.93. The van der Waals surface area contributed by atoms with Gasteiger partial charge in [-0.25, -0.2) is 13.2 Å². The van der Waals surface area contributed by atoms with E-state index in [-0.39, 0.29) is 17.2 Å². The lowest BCUT2D eigenvalue weighted by molar-refractivity contribution is 0.0635. The van der Waals surface area contributed by atoms with Crippen LogP contribution < -0.4 is 5.32 Å². The van der Waals surface area contributed by atoms with Gasteiger partial charge in [0.05, 0.1) is 26.6 Å². The molecule has 0 aliphatic carbocycles. The van der Waals surface area contributed by atoms with Gasteiger partial charge < -0.3 is 9.84 Å². The van der Waals surface area contributed by atoms with Crippen LogP contribution in [0.3, 0.4) is 0 Å². The molecule has 0 radical (unpaired) electrons. The largest absolute Gasteiger partial charge is 0.444 e. The van der Waals surface area contributed by atoms with Gasteiger partial charge in [0.1, 0.15) is 10.5 Å². The average Bonchev–Trinajstić information content (AvgIpc) is 2.74. The molecule has 132 valence electrons. The first-order valence-corrected chi connectivity index (χ1v) is 10.6. The Morgan fingerprint density at radius 1 is 1.39 bits per heavy atom. The number of aliphatic hydroxyl groups is 1. The number of aliphatic hydroxyl groups excluding tert-OH is 1. The standard InChI is InChI=1S/C14H23NO5S3/c1-8(2)23(18,19)11-10(9(7-16)22-12(11)21-6)15-13(17)20-14(3,4)5/h8,16H,7H2,1-6H3,(H,15,17). The van der Waals surface area contributed by atoms with Crippen LogP contribution in [-0.4, -0.2) is 36.7 Å². The Morgan fingerprint density at radius 2 is 1.96 bits per heavy atom. The third kappa shape index (κ3) is 4.85. The van der Waals surface area contributed by atoms with Crippen LogP contribution in [0.15, 0.2) is 9.10 Å². The number of anilines is 1. The normalized spacial score (nSPS) is 12.5. The van der Waals surface area contributed by atoms with Gasteiger partial charge in [-0.3, -0.25) is 5.32 Å². The van der Waals surface area contributed by atoms with Gasteiger partial charge >= 0.3 is 6.09 Å². The Hall–Kier alpha value is -0.770. The Labute approximate surface area is 145 Å². The lowest BCUT2D eigenvalue weighted by Crippen LogP contribution is -2.28. The summed E-state index contributed by atoms with van der Waals surface area (Å²) < 4.78 is 31.0. The summed E-state index contributed by atoms with van der Waals surface area (Å²) in [7, 11) is -3.62. The molecule has 0 fully saturated rings. The highest BCUT2D eigenvalue weighted by molar-refractivity contribution is 8.01. The van der Waals surface area contributed by atoms with Crippen molar-refractivity contribution < 1.29 is 23.1 Å². The molecule has 6 nitrogen and oxygen atoms in total. The fraction of sp³-hybridized carbons (Fsp3) is 0.643. The summed E-state index contributed by atoms with van der Waals surface area (Å²) in [5.41, 5.74) is -0.594. The quantitative estimate of drug-likeness (QED) is 0.759. The number of hydrogen-bond acceptors (Lipinski definition) is 7. The number of thioether (sulfide) groups is 1. The maximum Gasteiger partial charge on any atom is 0.412 e. The summed E-state index contributed by atoms with van der Waals surface area (Å²) in [6.07, 6.45) is 1.00. The molecule has 1 rings (SSSR count). The van der Waals surface area contributed by atoms with Crippen molar-refractivity contribution in [3.63, 3.8) is 0 Å². The third-order valence-corrected chi connectivity index (χ3v) is 7.54. The van der Waals surface area contributed by atoms with Gasteiger partial charge in [0.2, 0.25) is 0 Å². The van der Waals surface area contributed by atoms with Crippen molar-refractivity contribution in [2.75, 3.05) is 11.6 Å². The fourth-order valence-electron chi connectivity index (χ4n) is 1.71. The smallest absolute Gasteiger partial charge is 0.412 e. The maximum absolute atomic E-state index is 12.6. The van der Waals surface area contributed by atoms with E-state index in [2.05, 4.69) is 5.32 Å². The second kappa shape index (κ2) is 7.42. The van der Waals surface area contributed by atoms with Crippen LogP contribution in [0.5, 0.6) is 0 Å². The van der Waals surface area contributed by atoms with Gasteiger partial charge in [-0.2, -0.15) is 0 Å². The second-order valence-corrected chi connectivity index (χ2v) is 10.7. The first-order chi connectivity index (χ1) is 10.4. The van der Waals surface area contributed by atoms with E-state index in [0.29, 0.717) is 9.09 Å². The Morgan fingerprint density at radius 3 is 2.35 bits per heavy atom. The molecule has 2 N–H and O–H groups in total. The van der Waals surface area contributed by atoms with Crippen molar-refractivity contribution in [2.24, 2.45) is 0 Å². The molecule has 0 aromatic carbocycles. The Balaban J connectivity index is 3.40. The van der Waals surface area contributed by atoms with Crippen molar-refractivity contribution in [2.45, 2.75) is 61.2 Å². The van der Waals surface area contributed by atoms with Gasteiger partial charge in [-0.1, -0.05) is 0 Å². The molecule has 1 amide bonds. The summed E-state index contributed by atoms with van der Waals surface area (Å²) >= 11 is 2.42. The maximum atomic E-state index is 12.6.